The molecular weight excluding hydrogens is 335 g/mol. The van der Waals surface area contributed by atoms with Gasteiger partial charge in [-0.15, -0.1) is 0 Å². The number of methoxy groups -OCH3 is 2. The first-order valence-corrected chi connectivity index (χ1v) is 7.47. The number of rotatable bonds is 6. The first-order chi connectivity index (χ1) is 11.8. The Morgan fingerprint density at radius 1 is 1.08 bits per heavy atom. The minimum absolute atomic E-state index is 0.137. The van der Waals surface area contributed by atoms with E-state index >= 15 is 0 Å². The van der Waals surface area contributed by atoms with E-state index in [0.717, 1.165) is 17.7 Å². The fourth-order valence-electron chi connectivity index (χ4n) is 2.30. The predicted octanol–water partition coefficient (Wildman–Crippen LogP) is 3.58. The molecule has 0 saturated heterocycles. The van der Waals surface area contributed by atoms with E-state index < -0.39 is 11.7 Å². The van der Waals surface area contributed by atoms with Gasteiger partial charge in [-0.25, -0.2) is 0 Å². The maximum atomic E-state index is 12.7. The molecule has 7 heteroatoms. The first kappa shape index (κ1) is 18.6. The first-order valence-electron chi connectivity index (χ1n) is 7.47. The topological polar surface area (TPSA) is 47.6 Å². The van der Waals surface area contributed by atoms with E-state index in [2.05, 4.69) is 5.32 Å². The van der Waals surface area contributed by atoms with Gasteiger partial charge in [0, 0.05) is 18.2 Å². The molecular formula is C18H18F3NO3. The van der Waals surface area contributed by atoms with Gasteiger partial charge in [0.2, 0.25) is 5.91 Å². The average molecular weight is 353 g/mol. The number of halogens is 3. The number of benzene rings is 2. The lowest BCUT2D eigenvalue weighted by Crippen LogP contribution is -2.25. The molecule has 0 aliphatic rings. The number of hydrogen-bond donors (Lipinski definition) is 1. The van der Waals surface area contributed by atoms with Gasteiger partial charge in [0.25, 0.3) is 0 Å². The van der Waals surface area contributed by atoms with E-state index in [1.54, 1.807) is 18.2 Å². The molecule has 0 radical (unpaired) electrons. The van der Waals surface area contributed by atoms with Gasteiger partial charge in [0.15, 0.2) is 0 Å². The third kappa shape index (κ3) is 5.14. The lowest BCUT2D eigenvalue weighted by molar-refractivity contribution is -0.137. The van der Waals surface area contributed by atoms with Crippen LogP contribution < -0.4 is 14.8 Å². The van der Waals surface area contributed by atoms with Crippen molar-refractivity contribution in [1.29, 1.82) is 0 Å². The number of hydrogen-bond acceptors (Lipinski definition) is 3. The van der Waals surface area contributed by atoms with Gasteiger partial charge in [-0.05, 0) is 23.8 Å². The molecule has 0 fully saturated rings. The fraction of sp³-hybridized carbons (Fsp3) is 0.278. The maximum absolute atomic E-state index is 12.7. The lowest BCUT2D eigenvalue weighted by atomic mass is 10.1. The van der Waals surface area contributed by atoms with Crippen molar-refractivity contribution in [2.45, 2.75) is 19.1 Å². The van der Waals surface area contributed by atoms with Crippen LogP contribution in [0.2, 0.25) is 0 Å². The van der Waals surface area contributed by atoms with Crippen LogP contribution in [0, 0.1) is 0 Å². The summed E-state index contributed by atoms with van der Waals surface area (Å²) in [6.45, 7) is 0.199. The zero-order valence-electron chi connectivity index (χ0n) is 13.8. The van der Waals surface area contributed by atoms with Crippen LogP contribution in [-0.4, -0.2) is 20.1 Å². The van der Waals surface area contributed by atoms with Crippen LogP contribution in [0.3, 0.4) is 0 Å². The van der Waals surface area contributed by atoms with Crippen molar-refractivity contribution >= 4 is 5.91 Å². The van der Waals surface area contributed by atoms with Crippen LogP contribution in [0.4, 0.5) is 13.2 Å². The molecule has 1 amide bonds. The van der Waals surface area contributed by atoms with Crippen molar-refractivity contribution in [2.24, 2.45) is 0 Å². The molecule has 0 aliphatic heterocycles. The van der Waals surface area contributed by atoms with Crippen LogP contribution in [0.15, 0.2) is 42.5 Å². The third-order valence-corrected chi connectivity index (χ3v) is 3.59. The summed E-state index contributed by atoms with van der Waals surface area (Å²) in [5, 5.41) is 2.68. The Morgan fingerprint density at radius 2 is 1.84 bits per heavy atom. The SMILES string of the molecule is COc1ccc(CNC(=O)Cc2cccc(C(F)(F)F)c2)c(OC)c1. The highest BCUT2D eigenvalue weighted by molar-refractivity contribution is 5.78. The summed E-state index contributed by atoms with van der Waals surface area (Å²) >= 11 is 0. The highest BCUT2D eigenvalue weighted by Crippen LogP contribution is 2.29. The normalized spacial score (nSPS) is 11.1. The second-order valence-corrected chi connectivity index (χ2v) is 5.33. The van der Waals surface area contributed by atoms with Crippen molar-refractivity contribution in [2.75, 3.05) is 14.2 Å². The lowest BCUT2D eigenvalue weighted by Gasteiger charge is -2.12. The Bertz CT molecular complexity index is 745. The van der Waals surface area contributed by atoms with E-state index in [1.165, 1.54) is 26.4 Å². The maximum Gasteiger partial charge on any atom is 0.416 e. The third-order valence-electron chi connectivity index (χ3n) is 3.59. The van der Waals surface area contributed by atoms with E-state index in [-0.39, 0.29) is 18.9 Å². The highest BCUT2D eigenvalue weighted by Gasteiger charge is 2.30. The van der Waals surface area contributed by atoms with Gasteiger partial charge in [-0.3, -0.25) is 4.79 Å². The van der Waals surface area contributed by atoms with Gasteiger partial charge < -0.3 is 14.8 Å². The summed E-state index contributed by atoms with van der Waals surface area (Å²) in [6, 6.07) is 9.91. The molecule has 0 aromatic heterocycles. The largest absolute Gasteiger partial charge is 0.497 e. The summed E-state index contributed by atoms with van der Waals surface area (Å²) in [7, 11) is 3.04. The molecule has 134 valence electrons. The van der Waals surface area contributed by atoms with Crippen LogP contribution >= 0.6 is 0 Å². The molecule has 0 aliphatic carbocycles. The fourth-order valence-corrected chi connectivity index (χ4v) is 2.30. The summed E-state index contributed by atoms with van der Waals surface area (Å²) in [6.07, 6.45) is -4.56. The summed E-state index contributed by atoms with van der Waals surface area (Å²) in [4.78, 5) is 12.0. The zero-order chi connectivity index (χ0) is 18.4. The Balaban J connectivity index is 2.00. The standard InChI is InChI=1S/C18H18F3NO3/c1-24-15-7-6-13(16(10-15)25-2)11-22-17(23)9-12-4-3-5-14(8-12)18(19,20)21/h3-8,10H,9,11H2,1-2H3,(H,22,23). The molecule has 0 spiro atoms. The molecule has 0 bridgehead atoms. The molecule has 1 N–H and O–H groups in total. The second kappa shape index (κ2) is 7.92. The van der Waals surface area contributed by atoms with Crippen molar-refractivity contribution in [3.05, 3.63) is 59.2 Å². The van der Waals surface area contributed by atoms with E-state index in [9.17, 15) is 18.0 Å². The minimum Gasteiger partial charge on any atom is -0.497 e. The van der Waals surface area contributed by atoms with E-state index in [4.69, 9.17) is 9.47 Å². The molecule has 4 nitrogen and oxygen atoms in total. The second-order valence-electron chi connectivity index (χ2n) is 5.33. The molecule has 2 aromatic rings. The van der Waals surface area contributed by atoms with Crippen molar-refractivity contribution < 1.29 is 27.4 Å². The minimum atomic E-state index is -4.43. The summed E-state index contributed by atoms with van der Waals surface area (Å²) in [5.41, 5.74) is 0.268. The number of alkyl halides is 3. The van der Waals surface area contributed by atoms with Gasteiger partial charge >= 0.3 is 6.18 Å². The van der Waals surface area contributed by atoms with Crippen LogP contribution in [0.25, 0.3) is 0 Å². The summed E-state index contributed by atoms with van der Waals surface area (Å²) in [5.74, 6) is 0.798. The molecule has 0 heterocycles. The highest BCUT2D eigenvalue weighted by atomic mass is 19.4. The number of carbonyl (C=O) groups excluding carboxylic acids is 1. The van der Waals surface area contributed by atoms with Crippen molar-refractivity contribution in [3.8, 4) is 11.5 Å². The Kier molecular flexibility index (Phi) is 5.90. The van der Waals surface area contributed by atoms with Gasteiger partial charge in [-0.1, -0.05) is 18.2 Å². The van der Waals surface area contributed by atoms with Crippen LogP contribution in [-0.2, 0) is 23.9 Å². The quantitative estimate of drug-likeness (QED) is 0.864. The van der Waals surface area contributed by atoms with Crippen LogP contribution in [0.5, 0.6) is 11.5 Å². The Labute approximate surface area is 143 Å². The van der Waals surface area contributed by atoms with Crippen molar-refractivity contribution in [3.63, 3.8) is 0 Å². The molecule has 2 aromatic carbocycles. The number of ether oxygens (including phenoxy) is 2. The van der Waals surface area contributed by atoms with E-state index in [0.29, 0.717) is 17.1 Å². The Hall–Kier alpha value is -2.70. The molecule has 0 unspecified atom stereocenters. The van der Waals surface area contributed by atoms with E-state index in [1.807, 2.05) is 0 Å². The number of nitrogens with one attached hydrogen (secondary N) is 1. The van der Waals surface area contributed by atoms with Gasteiger partial charge in [-0.2, -0.15) is 13.2 Å². The van der Waals surface area contributed by atoms with Gasteiger partial charge in [0.05, 0.1) is 26.2 Å². The molecule has 0 saturated carbocycles. The van der Waals surface area contributed by atoms with Crippen molar-refractivity contribution in [1.82, 2.24) is 5.32 Å². The monoisotopic (exact) mass is 353 g/mol. The number of carbonyl (C=O) groups is 1. The molecule has 2 rings (SSSR count). The number of amides is 1. The Morgan fingerprint density at radius 3 is 2.48 bits per heavy atom. The zero-order valence-corrected chi connectivity index (χ0v) is 13.8. The average Bonchev–Trinajstić information content (AvgIpc) is 2.59. The van der Waals surface area contributed by atoms with Gasteiger partial charge in [0.1, 0.15) is 11.5 Å². The smallest absolute Gasteiger partial charge is 0.416 e. The molecule has 0 atom stereocenters. The summed E-state index contributed by atoms with van der Waals surface area (Å²) < 4.78 is 48.4. The predicted molar refractivity (Wildman–Crippen MR) is 86.5 cm³/mol. The van der Waals surface area contributed by atoms with Crippen LogP contribution in [0.1, 0.15) is 16.7 Å². The molecule has 25 heavy (non-hydrogen) atoms.